The van der Waals surface area contributed by atoms with Crippen molar-refractivity contribution in [1.29, 1.82) is 0 Å². The summed E-state index contributed by atoms with van der Waals surface area (Å²) < 4.78 is 0. The SMILES string of the molecule is Cc1nc(N)c2c(n1)CSC2. The zero-order chi connectivity index (χ0) is 7.84. The van der Waals surface area contributed by atoms with Crippen LogP contribution in [0.3, 0.4) is 0 Å². The van der Waals surface area contributed by atoms with Crippen LogP contribution in [0.25, 0.3) is 0 Å². The van der Waals surface area contributed by atoms with E-state index in [0.29, 0.717) is 5.82 Å². The predicted octanol–water partition coefficient (Wildman–Crippen LogP) is 1.11. The topological polar surface area (TPSA) is 51.8 Å². The molecule has 0 spiro atoms. The Morgan fingerprint density at radius 2 is 2.18 bits per heavy atom. The lowest BCUT2D eigenvalue weighted by Crippen LogP contribution is -2.02. The molecule has 0 fully saturated rings. The van der Waals surface area contributed by atoms with E-state index in [1.54, 1.807) is 0 Å². The van der Waals surface area contributed by atoms with Crippen molar-refractivity contribution in [2.75, 3.05) is 5.73 Å². The number of nitrogens with two attached hydrogens (primary N) is 1. The molecule has 58 valence electrons. The smallest absolute Gasteiger partial charge is 0.131 e. The number of nitrogen functional groups attached to an aromatic ring is 1. The van der Waals surface area contributed by atoms with Gasteiger partial charge in [0.05, 0.1) is 5.69 Å². The first-order valence-electron chi connectivity index (χ1n) is 3.47. The van der Waals surface area contributed by atoms with Crippen LogP contribution >= 0.6 is 11.8 Å². The number of thioether (sulfide) groups is 1. The van der Waals surface area contributed by atoms with Gasteiger partial charge in [-0.3, -0.25) is 0 Å². The van der Waals surface area contributed by atoms with Gasteiger partial charge in [-0.1, -0.05) is 0 Å². The molecule has 3 nitrogen and oxygen atoms in total. The highest BCUT2D eigenvalue weighted by Gasteiger charge is 2.16. The normalized spacial score (nSPS) is 15.0. The van der Waals surface area contributed by atoms with E-state index in [1.165, 1.54) is 0 Å². The molecule has 0 aromatic carbocycles. The van der Waals surface area contributed by atoms with Crippen LogP contribution in [-0.4, -0.2) is 9.97 Å². The van der Waals surface area contributed by atoms with Gasteiger partial charge in [0.2, 0.25) is 0 Å². The Balaban J connectivity index is 2.60. The van der Waals surface area contributed by atoms with E-state index in [4.69, 9.17) is 5.73 Å². The Morgan fingerprint density at radius 1 is 1.36 bits per heavy atom. The largest absolute Gasteiger partial charge is 0.383 e. The summed E-state index contributed by atoms with van der Waals surface area (Å²) in [5.74, 6) is 3.41. The molecule has 1 aromatic rings. The van der Waals surface area contributed by atoms with Crippen molar-refractivity contribution in [2.24, 2.45) is 0 Å². The van der Waals surface area contributed by atoms with Crippen LogP contribution in [-0.2, 0) is 11.5 Å². The molecule has 1 aliphatic heterocycles. The van der Waals surface area contributed by atoms with E-state index in [-0.39, 0.29) is 0 Å². The third-order valence-electron chi connectivity index (χ3n) is 1.72. The average molecular weight is 167 g/mol. The second-order valence-electron chi connectivity index (χ2n) is 2.57. The second-order valence-corrected chi connectivity index (χ2v) is 3.56. The van der Waals surface area contributed by atoms with E-state index in [9.17, 15) is 0 Å². The quantitative estimate of drug-likeness (QED) is 0.629. The number of nitrogens with zero attached hydrogens (tertiary/aromatic N) is 2. The maximum atomic E-state index is 5.71. The summed E-state index contributed by atoms with van der Waals surface area (Å²) in [4.78, 5) is 8.40. The highest BCUT2D eigenvalue weighted by atomic mass is 32.2. The van der Waals surface area contributed by atoms with Crippen LogP contribution in [0.2, 0.25) is 0 Å². The summed E-state index contributed by atoms with van der Waals surface area (Å²) in [7, 11) is 0. The number of anilines is 1. The van der Waals surface area contributed by atoms with Crippen molar-refractivity contribution in [3.8, 4) is 0 Å². The minimum atomic E-state index is 0.664. The molecule has 1 aromatic heterocycles. The molecule has 0 amide bonds. The molecule has 0 atom stereocenters. The molecule has 2 heterocycles. The number of fused-ring (bicyclic) bond motifs is 1. The van der Waals surface area contributed by atoms with E-state index in [1.807, 2.05) is 18.7 Å². The molecule has 0 saturated heterocycles. The van der Waals surface area contributed by atoms with Crippen LogP contribution in [0, 0.1) is 6.92 Å². The minimum Gasteiger partial charge on any atom is -0.383 e. The Kier molecular flexibility index (Phi) is 1.49. The fourth-order valence-electron chi connectivity index (χ4n) is 1.20. The highest BCUT2D eigenvalue weighted by molar-refractivity contribution is 7.98. The van der Waals surface area contributed by atoms with Crippen molar-refractivity contribution in [1.82, 2.24) is 9.97 Å². The van der Waals surface area contributed by atoms with Gasteiger partial charge < -0.3 is 5.73 Å². The monoisotopic (exact) mass is 167 g/mol. The number of hydrogen-bond acceptors (Lipinski definition) is 4. The molecule has 2 N–H and O–H groups in total. The second kappa shape index (κ2) is 2.37. The van der Waals surface area contributed by atoms with Gasteiger partial charge in [0.25, 0.3) is 0 Å². The van der Waals surface area contributed by atoms with Gasteiger partial charge in [-0.2, -0.15) is 11.8 Å². The standard InChI is InChI=1S/C7H9N3S/c1-4-9-6-3-11-2-5(6)7(8)10-4/h2-3H2,1H3,(H2,8,9,10). The molecule has 4 heteroatoms. The molecular weight excluding hydrogens is 158 g/mol. The molecule has 0 unspecified atom stereocenters. The first-order valence-corrected chi connectivity index (χ1v) is 4.62. The van der Waals surface area contributed by atoms with Gasteiger partial charge in [0.15, 0.2) is 0 Å². The van der Waals surface area contributed by atoms with Gasteiger partial charge in [0.1, 0.15) is 11.6 Å². The molecular formula is C7H9N3S. The first-order chi connectivity index (χ1) is 5.27. The van der Waals surface area contributed by atoms with Crippen molar-refractivity contribution < 1.29 is 0 Å². The van der Waals surface area contributed by atoms with Crippen molar-refractivity contribution >= 4 is 17.6 Å². The van der Waals surface area contributed by atoms with Gasteiger partial charge in [-0.25, -0.2) is 9.97 Å². The highest BCUT2D eigenvalue weighted by Crippen LogP contribution is 2.30. The van der Waals surface area contributed by atoms with Gasteiger partial charge in [-0.15, -0.1) is 0 Å². The fraction of sp³-hybridized carbons (Fsp3) is 0.429. The van der Waals surface area contributed by atoms with E-state index < -0.39 is 0 Å². The number of rotatable bonds is 0. The lowest BCUT2D eigenvalue weighted by molar-refractivity contribution is 0.996. The maximum absolute atomic E-state index is 5.71. The van der Waals surface area contributed by atoms with Crippen LogP contribution < -0.4 is 5.73 Å². The average Bonchev–Trinajstić information content (AvgIpc) is 2.34. The molecule has 0 radical (unpaired) electrons. The summed E-state index contributed by atoms with van der Waals surface area (Å²) in [6, 6.07) is 0. The summed E-state index contributed by atoms with van der Waals surface area (Å²) in [6.07, 6.45) is 0. The molecule has 0 bridgehead atoms. The Hall–Kier alpha value is -0.770. The summed E-state index contributed by atoms with van der Waals surface area (Å²) in [5.41, 5.74) is 7.97. The molecule has 11 heavy (non-hydrogen) atoms. The lowest BCUT2D eigenvalue weighted by atomic mass is 10.2. The predicted molar refractivity (Wildman–Crippen MR) is 46.2 cm³/mol. The summed E-state index contributed by atoms with van der Waals surface area (Å²) >= 11 is 1.84. The van der Waals surface area contributed by atoms with Crippen LogP contribution in [0.15, 0.2) is 0 Å². The van der Waals surface area contributed by atoms with Crippen molar-refractivity contribution in [2.45, 2.75) is 18.4 Å². The van der Waals surface area contributed by atoms with Gasteiger partial charge in [0, 0.05) is 17.1 Å². The van der Waals surface area contributed by atoms with Crippen LogP contribution in [0.1, 0.15) is 17.1 Å². The molecule has 2 rings (SSSR count). The Morgan fingerprint density at radius 3 is 3.00 bits per heavy atom. The lowest BCUT2D eigenvalue weighted by Gasteiger charge is -2.01. The zero-order valence-corrected chi connectivity index (χ0v) is 7.11. The Labute approximate surface area is 69.4 Å². The molecule has 1 aliphatic rings. The first kappa shape index (κ1) is 6.91. The summed E-state index contributed by atoms with van der Waals surface area (Å²) in [6.45, 7) is 1.87. The Bertz CT molecular complexity index is 298. The number of aromatic nitrogens is 2. The third kappa shape index (κ3) is 1.07. The maximum Gasteiger partial charge on any atom is 0.131 e. The van der Waals surface area contributed by atoms with Crippen LogP contribution in [0.5, 0.6) is 0 Å². The van der Waals surface area contributed by atoms with Gasteiger partial charge >= 0.3 is 0 Å². The number of hydrogen-bond donors (Lipinski definition) is 1. The zero-order valence-electron chi connectivity index (χ0n) is 6.29. The van der Waals surface area contributed by atoms with E-state index in [2.05, 4.69) is 9.97 Å². The molecule has 0 aliphatic carbocycles. The fourth-order valence-corrected chi connectivity index (χ4v) is 2.26. The third-order valence-corrected chi connectivity index (χ3v) is 2.69. The van der Waals surface area contributed by atoms with E-state index in [0.717, 1.165) is 28.6 Å². The van der Waals surface area contributed by atoms with Crippen molar-refractivity contribution in [3.05, 3.63) is 17.1 Å². The van der Waals surface area contributed by atoms with Crippen molar-refractivity contribution in [3.63, 3.8) is 0 Å². The number of aryl methyl sites for hydroxylation is 1. The summed E-state index contributed by atoms with van der Waals surface area (Å²) in [5, 5.41) is 0. The molecule has 0 saturated carbocycles. The minimum absolute atomic E-state index is 0.664. The van der Waals surface area contributed by atoms with Crippen LogP contribution in [0.4, 0.5) is 5.82 Å². The van der Waals surface area contributed by atoms with E-state index >= 15 is 0 Å². The van der Waals surface area contributed by atoms with Gasteiger partial charge in [-0.05, 0) is 6.92 Å².